The Morgan fingerprint density at radius 2 is 1.78 bits per heavy atom. The van der Waals surface area contributed by atoms with Crippen molar-refractivity contribution in [3.63, 3.8) is 0 Å². The number of hydrogen-bond acceptors (Lipinski definition) is 8. The molecule has 11 heteroatoms. The third-order valence-electron chi connectivity index (χ3n) is 11.5. The molecule has 0 aromatic heterocycles. The number of carbonyl (C=O) groups excluding carboxylic acids is 3. The Morgan fingerprint density at radius 3 is 2.37 bits per heavy atom. The van der Waals surface area contributed by atoms with Crippen LogP contribution >= 0.6 is 0 Å². The highest BCUT2D eigenvalue weighted by Gasteiger charge is 2.79. The zero-order chi connectivity index (χ0) is 35.3. The fourth-order valence-electron chi connectivity index (χ4n) is 8.70. The topological polar surface area (TPSA) is 112 Å². The number of aliphatic hydroxyl groups excluding tert-OH is 1. The minimum absolute atomic E-state index is 0.0895. The largest absolute Gasteiger partial charge is 0.494 e. The number of rotatable bonds is 17. The summed E-state index contributed by atoms with van der Waals surface area (Å²) < 4.78 is 18.3. The van der Waals surface area contributed by atoms with Gasteiger partial charge >= 0.3 is 0 Å². The van der Waals surface area contributed by atoms with Crippen molar-refractivity contribution in [1.29, 1.82) is 0 Å². The monoisotopic (exact) mass is 680 g/mol. The third-order valence-corrected chi connectivity index (χ3v) is 11.5. The number of ether oxygens (including phenoxy) is 3. The fourth-order valence-corrected chi connectivity index (χ4v) is 8.70. The van der Waals surface area contributed by atoms with Gasteiger partial charge in [-0.1, -0.05) is 39.3 Å². The van der Waals surface area contributed by atoms with E-state index < -0.39 is 35.1 Å². The van der Waals surface area contributed by atoms with Gasteiger partial charge in [0.15, 0.2) is 0 Å². The van der Waals surface area contributed by atoms with E-state index in [1.165, 1.54) is 0 Å². The summed E-state index contributed by atoms with van der Waals surface area (Å²) >= 11 is 0. The maximum Gasteiger partial charge on any atom is 0.248 e. The number of morpholine rings is 1. The molecule has 1 N–H and O–H groups in total. The quantitative estimate of drug-likeness (QED) is 0.249. The first-order valence-electron chi connectivity index (χ1n) is 18.1. The van der Waals surface area contributed by atoms with Crippen LogP contribution in [0.5, 0.6) is 5.75 Å². The summed E-state index contributed by atoms with van der Waals surface area (Å²) in [5, 5.41) is 10.8. The summed E-state index contributed by atoms with van der Waals surface area (Å²) in [7, 11) is 0. The molecule has 270 valence electrons. The average molecular weight is 681 g/mol. The van der Waals surface area contributed by atoms with E-state index in [1.54, 1.807) is 26.9 Å². The molecule has 2 bridgehead atoms. The van der Waals surface area contributed by atoms with Gasteiger partial charge in [0.05, 0.1) is 49.9 Å². The molecule has 1 spiro atoms. The fraction of sp³-hybridized carbons (Fsp3) is 0.658. The maximum absolute atomic E-state index is 15.0. The van der Waals surface area contributed by atoms with Crippen molar-refractivity contribution in [3.8, 4) is 5.75 Å². The van der Waals surface area contributed by atoms with Gasteiger partial charge in [0, 0.05) is 45.0 Å². The lowest BCUT2D eigenvalue weighted by molar-refractivity contribution is -0.157. The first-order valence-corrected chi connectivity index (χ1v) is 18.1. The van der Waals surface area contributed by atoms with E-state index in [4.69, 9.17) is 14.2 Å². The van der Waals surface area contributed by atoms with Crippen molar-refractivity contribution in [2.45, 2.75) is 76.7 Å². The Kier molecular flexibility index (Phi) is 11.9. The number of hydrogen-bond donors (Lipinski definition) is 1. The van der Waals surface area contributed by atoms with E-state index in [9.17, 15) is 14.7 Å². The third kappa shape index (κ3) is 6.67. The van der Waals surface area contributed by atoms with Crippen molar-refractivity contribution in [3.05, 3.63) is 49.6 Å². The van der Waals surface area contributed by atoms with Gasteiger partial charge in [-0.3, -0.25) is 19.3 Å². The molecule has 0 aliphatic carbocycles. The van der Waals surface area contributed by atoms with Crippen LogP contribution in [0.1, 0.15) is 53.4 Å². The molecule has 4 saturated heterocycles. The molecular weight excluding hydrogens is 624 g/mol. The standard InChI is InChI=1S/C38H56N4O7/c1-7-18-40(21-20-39-22-24-47-25-23-39)36(46)33-38-17-16-37(10-4,49-38)31(32(38)35(45)42(33)30(26-43)27(6)9-3)34(44)41(19-8-2)28-12-14-29(15-13-28)48-11-5/h7-8,12-15,27,30-33,43H,1-2,9-11,16-26H2,3-6H3/t27-,30-,31-,32-,33?,37+,38?/m0/s1. The molecule has 1 aromatic carbocycles. The van der Waals surface area contributed by atoms with E-state index in [0.29, 0.717) is 76.6 Å². The zero-order valence-electron chi connectivity index (χ0n) is 29.9. The van der Waals surface area contributed by atoms with Gasteiger partial charge < -0.3 is 34.0 Å². The molecule has 0 radical (unpaired) electrons. The number of aliphatic hydroxyl groups is 1. The molecule has 0 saturated carbocycles. The van der Waals surface area contributed by atoms with Gasteiger partial charge in [-0.15, -0.1) is 13.2 Å². The SMILES string of the molecule is C=CCN(CCN1CCOCC1)C(=O)C1N([C@@H](CO)[C@@H](C)CC)C(=O)[C@@H]2[C@@H](C(=O)N(CC=C)c3ccc(OCC)cc3)[C@@]3(CC)CCC12O3. The lowest BCUT2D eigenvalue weighted by Gasteiger charge is -2.41. The van der Waals surface area contributed by atoms with E-state index in [1.807, 2.05) is 52.0 Å². The lowest BCUT2D eigenvalue weighted by atomic mass is 9.64. The smallest absolute Gasteiger partial charge is 0.248 e. The highest BCUT2D eigenvalue weighted by atomic mass is 16.5. The predicted molar refractivity (Wildman–Crippen MR) is 188 cm³/mol. The summed E-state index contributed by atoms with van der Waals surface area (Å²) in [6.45, 7) is 20.6. The van der Waals surface area contributed by atoms with Gasteiger partial charge in [-0.05, 0) is 56.4 Å². The number of likely N-dealkylation sites (tertiary alicyclic amines) is 1. The van der Waals surface area contributed by atoms with Crippen LogP contribution in [0, 0.1) is 17.8 Å². The Balaban J connectivity index is 1.56. The average Bonchev–Trinajstić information content (AvgIpc) is 3.73. The molecule has 49 heavy (non-hydrogen) atoms. The Labute approximate surface area is 291 Å². The van der Waals surface area contributed by atoms with Gasteiger partial charge in [-0.25, -0.2) is 0 Å². The zero-order valence-corrected chi connectivity index (χ0v) is 29.9. The van der Waals surface area contributed by atoms with Crippen molar-refractivity contribution in [1.82, 2.24) is 14.7 Å². The predicted octanol–water partition coefficient (Wildman–Crippen LogP) is 3.51. The first-order chi connectivity index (χ1) is 23.7. The summed E-state index contributed by atoms with van der Waals surface area (Å²) in [5.74, 6) is -1.82. The van der Waals surface area contributed by atoms with Crippen molar-refractivity contribution < 1.29 is 33.7 Å². The van der Waals surface area contributed by atoms with Crippen LogP contribution in [0.2, 0.25) is 0 Å². The van der Waals surface area contributed by atoms with Crippen LogP contribution in [-0.2, 0) is 23.9 Å². The van der Waals surface area contributed by atoms with E-state index >= 15 is 4.79 Å². The molecule has 1 aromatic rings. The van der Waals surface area contributed by atoms with Gasteiger partial charge in [0.1, 0.15) is 17.4 Å². The highest BCUT2D eigenvalue weighted by molar-refractivity contribution is 6.03. The molecule has 4 aliphatic heterocycles. The van der Waals surface area contributed by atoms with Crippen LogP contribution in [-0.4, -0.2) is 127 Å². The molecule has 5 rings (SSSR count). The minimum Gasteiger partial charge on any atom is -0.494 e. The first kappa shape index (κ1) is 37.0. The summed E-state index contributed by atoms with van der Waals surface area (Å²) in [5.41, 5.74) is -1.45. The number of benzene rings is 1. The van der Waals surface area contributed by atoms with Crippen molar-refractivity contribution >= 4 is 23.4 Å². The number of anilines is 1. The van der Waals surface area contributed by atoms with Gasteiger partial charge in [0.25, 0.3) is 0 Å². The Bertz CT molecular complexity index is 1350. The Morgan fingerprint density at radius 1 is 1.08 bits per heavy atom. The van der Waals surface area contributed by atoms with E-state index in [2.05, 4.69) is 18.1 Å². The number of fused-ring (bicyclic) bond motifs is 1. The molecule has 2 unspecified atom stereocenters. The van der Waals surface area contributed by atoms with Gasteiger partial charge in [0.2, 0.25) is 17.7 Å². The lowest BCUT2D eigenvalue weighted by Crippen LogP contribution is -2.60. The van der Waals surface area contributed by atoms with Crippen LogP contribution in [0.15, 0.2) is 49.6 Å². The molecule has 3 amide bonds. The highest BCUT2D eigenvalue weighted by Crippen LogP contribution is 2.65. The van der Waals surface area contributed by atoms with Crippen LogP contribution < -0.4 is 9.64 Å². The van der Waals surface area contributed by atoms with Gasteiger partial charge in [-0.2, -0.15) is 0 Å². The number of nitrogens with zero attached hydrogens (tertiary/aromatic N) is 4. The number of carbonyl (C=O) groups is 3. The van der Waals surface area contributed by atoms with Crippen molar-refractivity contribution in [2.24, 2.45) is 17.8 Å². The second-order valence-electron chi connectivity index (χ2n) is 13.9. The minimum atomic E-state index is -1.21. The van der Waals surface area contributed by atoms with Crippen LogP contribution in [0.4, 0.5) is 5.69 Å². The molecule has 4 heterocycles. The van der Waals surface area contributed by atoms with E-state index in [0.717, 1.165) is 13.1 Å². The normalized spacial score (nSPS) is 29.0. The molecule has 7 atom stereocenters. The summed E-state index contributed by atoms with van der Waals surface area (Å²) in [6.07, 6.45) is 5.63. The maximum atomic E-state index is 15.0. The van der Waals surface area contributed by atoms with E-state index in [-0.39, 0.29) is 36.8 Å². The second kappa shape index (κ2) is 15.7. The summed E-state index contributed by atoms with van der Waals surface area (Å²) in [4.78, 5) is 52.3. The molecule has 4 aliphatic rings. The molecule has 4 fully saturated rings. The van der Waals surface area contributed by atoms with Crippen molar-refractivity contribution in [2.75, 3.05) is 70.6 Å². The number of amides is 3. The summed E-state index contributed by atoms with van der Waals surface area (Å²) in [6, 6.07) is 5.76. The molecule has 11 nitrogen and oxygen atoms in total. The Hall–Kier alpha value is -3.25. The second-order valence-corrected chi connectivity index (χ2v) is 13.9. The van der Waals surface area contributed by atoms with Crippen LogP contribution in [0.25, 0.3) is 0 Å². The van der Waals surface area contributed by atoms with Crippen LogP contribution in [0.3, 0.4) is 0 Å². The molecular formula is C38H56N4O7.